The van der Waals surface area contributed by atoms with Crippen molar-refractivity contribution in [3.8, 4) is 0 Å². The summed E-state index contributed by atoms with van der Waals surface area (Å²) in [6.45, 7) is 1.03. The zero-order valence-corrected chi connectivity index (χ0v) is 19.9. The van der Waals surface area contributed by atoms with E-state index in [2.05, 4.69) is 5.32 Å². The van der Waals surface area contributed by atoms with Gasteiger partial charge in [0, 0.05) is 6.26 Å². The monoisotopic (exact) mass is 508 g/mol. The van der Waals surface area contributed by atoms with Crippen molar-refractivity contribution in [3.63, 3.8) is 0 Å². The number of amides is 1. The first-order chi connectivity index (χ1) is 15.9. The van der Waals surface area contributed by atoms with E-state index in [1.807, 2.05) is 0 Å². The summed E-state index contributed by atoms with van der Waals surface area (Å²) >= 11 is 0. The number of benzene rings is 3. The molecule has 0 aliphatic rings. The van der Waals surface area contributed by atoms with E-state index >= 15 is 0 Å². The fraction of sp³-hybridized carbons (Fsp3) is 0.174. The molecule has 0 saturated carbocycles. The van der Waals surface area contributed by atoms with E-state index in [0.29, 0.717) is 5.56 Å². The molecule has 11 heteroatoms. The van der Waals surface area contributed by atoms with E-state index in [9.17, 15) is 30.4 Å². The summed E-state index contributed by atoms with van der Waals surface area (Å²) in [6.07, 6.45) is 1.08. The lowest BCUT2D eigenvalue weighted by molar-refractivity contribution is -0.120. The minimum absolute atomic E-state index is 0.0473. The molecule has 0 bridgehead atoms. The predicted octanol–water partition coefficient (Wildman–Crippen LogP) is 3.44. The molecule has 3 rings (SSSR count). The Morgan fingerprint density at radius 2 is 1.29 bits per heavy atom. The van der Waals surface area contributed by atoms with Gasteiger partial charge < -0.3 is 5.32 Å². The lowest BCUT2D eigenvalue weighted by Gasteiger charge is -2.25. The van der Waals surface area contributed by atoms with Gasteiger partial charge in [0.15, 0.2) is 9.84 Å². The number of hydrogen-bond donors (Lipinski definition) is 1. The van der Waals surface area contributed by atoms with Crippen molar-refractivity contribution < 1.29 is 30.4 Å². The van der Waals surface area contributed by atoms with Crippen LogP contribution in [0.3, 0.4) is 0 Å². The van der Waals surface area contributed by atoms with Gasteiger partial charge in [-0.25, -0.2) is 25.6 Å². The molecule has 0 aliphatic carbocycles. The third kappa shape index (κ3) is 5.97. The number of halogens is 2. The first-order valence-corrected chi connectivity index (χ1v) is 13.3. The largest absolute Gasteiger partial charge is 0.348 e. The quantitative estimate of drug-likeness (QED) is 0.503. The van der Waals surface area contributed by atoms with Gasteiger partial charge in [-0.15, -0.1) is 0 Å². The van der Waals surface area contributed by atoms with E-state index in [1.165, 1.54) is 24.3 Å². The smallest absolute Gasteiger partial charge is 0.264 e. The Morgan fingerprint density at radius 1 is 0.824 bits per heavy atom. The van der Waals surface area contributed by atoms with E-state index < -0.39 is 50.0 Å². The summed E-state index contributed by atoms with van der Waals surface area (Å²) in [5.74, 6) is -1.87. The molecular formula is C23H22F2N2O5S2. The summed E-state index contributed by atoms with van der Waals surface area (Å²) in [5, 5.41) is 2.67. The number of nitrogens with zero attached hydrogens (tertiary/aromatic N) is 1. The molecule has 0 spiro atoms. The van der Waals surface area contributed by atoms with Gasteiger partial charge in [-0.1, -0.05) is 12.1 Å². The molecule has 1 atom stereocenters. The highest BCUT2D eigenvalue weighted by atomic mass is 32.2. The maximum Gasteiger partial charge on any atom is 0.264 e. The maximum atomic E-state index is 13.4. The molecule has 0 fully saturated rings. The highest BCUT2D eigenvalue weighted by molar-refractivity contribution is 7.93. The van der Waals surface area contributed by atoms with Gasteiger partial charge in [-0.3, -0.25) is 9.10 Å². The highest BCUT2D eigenvalue weighted by Gasteiger charge is 2.28. The van der Waals surface area contributed by atoms with Crippen molar-refractivity contribution in [2.75, 3.05) is 17.1 Å². The number of sulfone groups is 1. The van der Waals surface area contributed by atoms with Crippen LogP contribution >= 0.6 is 0 Å². The van der Waals surface area contributed by atoms with Crippen LogP contribution in [0.25, 0.3) is 0 Å². The molecule has 0 heterocycles. The molecule has 1 unspecified atom stereocenters. The number of nitrogens with one attached hydrogen (secondary N) is 1. The predicted molar refractivity (Wildman–Crippen MR) is 123 cm³/mol. The lowest BCUT2D eigenvalue weighted by Crippen LogP contribution is -2.41. The van der Waals surface area contributed by atoms with Gasteiger partial charge in [-0.2, -0.15) is 0 Å². The fourth-order valence-corrected chi connectivity index (χ4v) is 5.21. The Morgan fingerprint density at radius 3 is 1.79 bits per heavy atom. The van der Waals surface area contributed by atoms with E-state index in [4.69, 9.17) is 0 Å². The Hall–Kier alpha value is -3.31. The average molecular weight is 509 g/mol. The number of rotatable bonds is 8. The summed E-state index contributed by atoms with van der Waals surface area (Å²) in [7, 11) is -7.66. The molecule has 34 heavy (non-hydrogen) atoms. The first kappa shape index (κ1) is 25.3. The molecule has 0 aromatic heterocycles. The number of hydrogen-bond acceptors (Lipinski definition) is 5. The molecule has 3 aromatic carbocycles. The van der Waals surface area contributed by atoms with Crippen LogP contribution in [0.2, 0.25) is 0 Å². The topological polar surface area (TPSA) is 101 Å². The number of anilines is 1. The van der Waals surface area contributed by atoms with Crippen LogP contribution in [0.15, 0.2) is 82.6 Å². The Bertz CT molecular complexity index is 1370. The third-order valence-corrected chi connectivity index (χ3v) is 7.91. The van der Waals surface area contributed by atoms with Crippen LogP contribution in [-0.4, -0.2) is 35.5 Å². The van der Waals surface area contributed by atoms with E-state index in [0.717, 1.165) is 47.0 Å². The van der Waals surface area contributed by atoms with Crippen LogP contribution in [0.5, 0.6) is 0 Å². The second-order valence-corrected chi connectivity index (χ2v) is 11.5. The molecule has 0 aliphatic heterocycles. The van der Waals surface area contributed by atoms with Crippen LogP contribution < -0.4 is 9.62 Å². The van der Waals surface area contributed by atoms with E-state index in [-0.39, 0.29) is 15.5 Å². The molecule has 3 aromatic rings. The van der Waals surface area contributed by atoms with Crippen molar-refractivity contribution in [1.29, 1.82) is 0 Å². The van der Waals surface area contributed by atoms with Gasteiger partial charge >= 0.3 is 0 Å². The van der Waals surface area contributed by atoms with Gasteiger partial charge in [0.05, 0.1) is 21.5 Å². The van der Waals surface area contributed by atoms with Gasteiger partial charge in [-0.05, 0) is 73.2 Å². The molecular weight excluding hydrogens is 486 g/mol. The Kier molecular flexibility index (Phi) is 7.37. The zero-order chi connectivity index (χ0) is 25.1. The number of carbonyl (C=O) groups is 1. The van der Waals surface area contributed by atoms with Crippen molar-refractivity contribution in [2.45, 2.75) is 22.8 Å². The second kappa shape index (κ2) is 9.90. The van der Waals surface area contributed by atoms with E-state index in [1.54, 1.807) is 19.1 Å². The van der Waals surface area contributed by atoms with Crippen molar-refractivity contribution >= 4 is 31.5 Å². The first-order valence-electron chi connectivity index (χ1n) is 10.0. The number of sulfonamides is 1. The minimum Gasteiger partial charge on any atom is -0.348 e. The third-order valence-electron chi connectivity index (χ3n) is 4.99. The molecule has 1 amide bonds. The standard InChI is InChI=1S/C23H22F2N2O5S2/c1-16(17-3-11-21(12-4-17)33(2,29)30)26-23(28)15-27(20-9-5-18(24)6-10-20)34(31,32)22-13-7-19(25)8-14-22/h3-14,16H,15H2,1-2H3,(H,26,28). The number of carbonyl (C=O) groups excluding carboxylic acids is 1. The highest BCUT2D eigenvalue weighted by Crippen LogP contribution is 2.24. The second-order valence-electron chi connectivity index (χ2n) is 7.57. The van der Waals surface area contributed by atoms with Crippen LogP contribution in [0.1, 0.15) is 18.5 Å². The van der Waals surface area contributed by atoms with Gasteiger partial charge in [0.2, 0.25) is 5.91 Å². The van der Waals surface area contributed by atoms with Gasteiger partial charge in [0.1, 0.15) is 18.2 Å². The normalized spacial score (nSPS) is 12.7. The lowest BCUT2D eigenvalue weighted by atomic mass is 10.1. The van der Waals surface area contributed by atoms with Gasteiger partial charge in [0.25, 0.3) is 10.0 Å². The molecule has 7 nitrogen and oxygen atoms in total. The molecule has 1 N–H and O–H groups in total. The van der Waals surface area contributed by atoms with Crippen molar-refractivity contribution in [2.24, 2.45) is 0 Å². The maximum absolute atomic E-state index is 13.4. The SMILES string of the molecule is CC(NC(=O)CN(c1ccc(F)cc1)S(=O)(=O)c1ccc(F)cc1)c1ccc(S(C)(=O)=O)cc1. The van der Waals surface area contributed by atoms with Crippen molar-refractivity contribution in [3.05, 3.63) is 90.0 Å². The van der Waals surface area contributed by atoms with Crippen LogP contribution in [-0.2, 0) is 24.7 Å². The minimum atomic E-state index is -4.28. The molecule has 0 radical (unpaired) electrons. The fourth-order valence-electron chi connectivity index (χ4n) is 3.16. The van der Waals surface area contributed by atoms with Crippen molar-refractivity contribution in [1.82, 2.24) is 5.32 Å². The van der Waals surface area contributed by atoms with Crippen LogP contribution in [0.4, 0.5) is 14.5 Å². The van der Waals surface area contributed by atoms with Crippen LogP contribution in [0, 0.1) is 11.6 Å². The molecule has 180 valence electrons. The summed E-state index contributed by atoms with van der Waals surface area (Å²) in [4.78, 5) is 12.7. The average Bonchev–Trinajstić information content (AvgIpc) is 2.78. The summed E-state index contributed by atoms with van der Waals surface area (Å²) in [5.41, 5.74) is 0.654. The summed E-state index contributed by atoms with van der Waals surface area (Å²) in [6, 6.07) is 14.0. The zero-order valence-electron chi connectivity index (χ0n) is 18.3. The summed E-state index contributed by atoms with van der Waals surface area (Å²) < 4.78 is 77.2. The molecule has 0 saturated heterocycles. The Labute approximate surface area is 197 Å². The Balaban J connectivity index is 1.85.